The molecule has 0 aliphatic heterocycles. The molecule has 32 heavy (non-hydrogen) atoms. The van der Waals surface area contributed by atoms with E-state index in [1.54, 1.807) is 26.0 Å². The molecule has 2 aromatic carbocycles. The van der Waals surface area contributed by atoms with Crippen LogP contribution in [-0.4, -0.2) is 26.2 Å². The Morgan fingerprint density at radius 1 is 0.969 bits per heavy atom. The Balaban J connectivity index is 1.82. The van der Waals surface area contributed by atoms with Crippen LogP contribution in [0.1, 0.15) is 28.3 Å². The Labute approximate surface area is 185 Å². The molecule has 4 rings (SSSR count). The summed E-state index contributed by atoms with van der Waals surface area (Å²) in [6.45, 7) is 5.53. The second-order valence-corrected chi connectivity index (χ2v) is 7.76. The van der Waals surface area contributed by atoms with Gasteiger partial charge in [0, 0.05) is 35.4 Å². The van der Waals surface area contributed by atoms with E-state index in [9.17, 15) is 14.3 Å². The van der Waals surface area contributed by atoms with Crippen LogP contribution in [0.25, 0.3) is 22.8 Å². The van der Waals surface area contributed by atoms with Gasteiger partial charge in [-0.05, 0) is 57.2 Å². The first-order valence-corrected chi connectivity index (χ1v) is 10.4. The molecular weight excluding hydrogens is 409 g/mol. The summed E-state index contributed by atoms with van der Waals surface area (Å²) in [6.07, 6.45) is 0.202. The molecule has 2 heterocycles. The van der Waals surface area contributed by atoms with E-state index in [2.05, 4.69) is 9.97 Å². The van der Waals surface area contributed by atoms with Crippen molar-refractivity contribution in [3.63, 3.8) is 0 Å². The number of oxazole rings is 1. The number of aromatic nitrogens is 3. The SMILES string of the molecule is Cc1ccc(-c2nc(Cn3c(-c4ccc(F)cc4)nc(C)c(CCO)c3=O)c(C)o2)cc1. The maximum absolute atomic E-state index is 13.5. The lowest BCUT2D eigenvalue weighted by Crippen LogP contribution is -2.29. The molecule has 6 nitrogen and oxygen atoms in total. The zero-order valence-corrected chi connectivity index (χ0v) is 18.2. The molecule has 0 radical (unpaired) electrons. The Hall–Kier alpha value is -3.58. The van der Waals surface area contributed by atoms with Crippen molar-refractivity contribution in [3.8, 4) is 22.8 Å². The third-order valence-corrected chi connectivity index (χ3v) is 5.43. The van der Waals surface area contributed by atoms with E-state index in [4.69, 9.17) is 4.42 Å². The minimum Gasteiger partial charge on any atom is -0.441 e. The van der Waals surface area contributed by atoms with Gasteiger partial charge in [-0.25, -0.2) is 14.4 Å². The van der Waals surface area contributed by atoms with Crippen LogP contribution >= 0.6 is 0 Å². The maximum Gasteiger partial charge on any atom is 0.257 e. The third-order valence-electron chi connectivity index (χ3n) is 5.43. The summed E-state index contributed by atoms with van der Waals surface area (Å²) in [5.74, 6) is 1.12. The predicted molar refractivity (Wildman–Crippen MR) is 120 cm³/mol. The third kappa shape index (κ3) is 4.24. The second kappa shape index (κ2) is 8.88. The van der Waals surface area contributed by atoms with Gasteiger partial charge in [-0.2, -0.15) is 0 Å². The fourth-order valence-electron chi connectivity index (χ4n) is 3.61. The van der Waals surface area contributed by atoms with E-state index < -0.39 is 0 Å². The topological polar surface area (TPSA) is 81.1 Å². The van der Waals surface area contributed by atoms with E-state index >= 15 is 0 Å². The molecule has 0 fully saturated rings. The zero-order chi connectivity index (χ0) is 22.8. The summed E-state index contributed by atoms with van der Waals surface area (Å²) in [5.41, 5.74) is 3.92. The molecule has 0 spiro atoms. The predicted octanol–water partition coefficient (Wildman–Crippen LogP) is 4.21. The van der Waals surface area contributed by atoms with E-state index in [1.807, 2.05) is 31.2 Å². The molecule has 7 heteroatoms. The van der Waals surface area contributed by atoms with Gasteiger partial charge in [0.2, 0.25) is 5.89 Å². The summed E-state index contributed by atoms with van der Waals surface area (Å²) < 4.78 is 20.9. The molecule has 4 aromatic rings. The first kappa shape index (κ1) is 21.6. The summed E-state index contributed by atoms with van der Waals surface area (Å²) >= 11 is 0. The molecule has 0 aliphatic rings. The van der Waals surface area contributed by atoms with Crippen LogP contribution in [0.15, 0.2) is 57.7 Å². The lowest BCUT2D eigenvalue weighted by Gasteiger charge is -2.15. The average Bonchev–Trinajstić information content (AvgIpc) is 3.14. The van der Waals surface area contributed by atoms with Crippen molar-refractivity contribution in [3.05, 3.63) is 93.0 Å². The van der Waals surface area contributed by atoms with Gasteiger partial charge in [0.1, 0.15) is 23.1 Å². The van der Waals surface area contributed by atoms with E-state index in [1.165, 1.54) is 16.7 Å². The number of benzene rings is 2. The Kier molecular flexibility index (Phi) is 6.01. The standard InChI is InChI=1S/C25H24FN3O3/c1-15-4-6-19(7-5-15)24-28-22(17(3)32-24)14-29-23(18-8-10-20(26)11-9-18)27-16(2)21(12-13-30)25(29)31/h4-11,30H,12-14H2,1-3H3. The number of halogens is 1. The first-order chi connectivity index (χ1) is 15.4. The van der Waals surface area contributed by atoms with Gasteiger partial charge in [-0.3, -0.25) is 9.36 Å². The highest BCUT2D eigenvalue weighted by molar-refractivity contribution is 5.57. The molecule has 0 saturated heterocycles. The number of hydrogen-bond donors (Lipinski definition) is 1. The smallest absolute Gasteiger partial charge is 0.257 e. The fraction of sp³-hybridized carbons (Fsp3) is 0.240. The molecule has 0 saturated carbocycles. The normalized spacial score (nSPS) is 11.2. The highest BCUT2D eigenvalue weighted by atomic mass is 19.1. The number of nitrogens with zero attached hydrogens (tertiary/aromatic N) is 3. The quantitative estimate of drug-likeness (QED) is 0.493. The number of hydrogen-bond acceptors (Lipinski definition) is 5. The van der Waals surface area contributed by atoms with Gasteiger partial charge in [0.25, 0.3) is 5.56 Å². The number of aryl methyl sites for hydroxylation is 3. The summed E-state index contributed by atoms with van der Waals surface area (Å²) in [5, 5.41) is 9.41. The van der Waals surface area contributed by atoms with Crippen LogP contribution < -0.4 is 5.56 Å². The molecule has 0 amide bonds. The molecular formula is C25H24FN3O3. The van der Waals surface area contributed by atoms with Gasteiger partial charge in [-0.15, -0.1) is 0 Å². The van der Waals surface area contributed by atoms with E-state index in [-0.39, 0.29) is 30.9 Å². The van der Waals surface area contributed by atoms with Crippen LogP contribution in [0.2, 0.25) is 0 Å². The van der Waals surface area contributed by atoms with Gasteiger partial charge in [-0.1, -0.05) is 17.7 Å². The summed E-state index contributed by atoms with van der Waals surface area (Å²) in [6, 6.07) is 13.7. The average molecular weight is 433 g/mol. The maximum atomic E-state index is 13.5. The minimum atomic E-state index is -0.369. The molecule has 0 unspecified atom stereocenters. The van der Waals surface area contributed by atoms with Crippen LogP contribution in [0.5, 0.6) is 0 Å². The van der Waals surface area contributed by atoms with Crippen molar-refractivity contribution >= 4 is 0 Å². The van der Waals surface area contributed by atoms with Crippen LogP contribution in [0, 0.1) is 26.6 Å². The largest absolute Gasteiger partial charge is 0.441 e. The highest BCUT2D eigenvalue weighted by Gasteiger charge is 2.19. The lowest BCUT2D eigenvalue weighted by molar-refractivity contribution is 0.298. The fourth-order valence-corrected chi connectivity index (χ4v) is 3.61. The van der Waals surface area contributed by atoms with Crippen LogP contribution in [0.3, 0.4) is 0 Å². The summed E-state index contributed by atoms with van der Waals surface area (Å²) in [4.78, 5) is 22.6. The Morgan fingerprint density at radius 2 is 1.62 bits per heavy atom. The van der Waals surface area contributed by atoms with Crippen molar-refractivity contribution in [1.29, 1.82) is 0 Å². The van der Waals surface area contributed by atoms with Crippen molar-refractivity contribution in [2.75, 3.05) is 6.61 Å². The van der Waals surface area contributed by atoms with Crippen molar-refractivity contribution in [2.24, 2.45) is 0 Å². The second-order valence-electron chi connectivity index (χ2n) is 7.76. The first-order valence-electron chi connectivity index (χ1n) is 10.4. The number of rotatable bonds is 6. The molecule has 1 N–H and O–H groups in total. The van der Waals surface area contributed by atoms with Crippen molar-refractivity contribution in [2.45, 2.75) is 33.7 Å². The monoisotopic (exact) mass is 433 g/mol. The number of aliphatic hydroxyl groups excluding tert-OH is 1. The van der Waals surface area contributed by atoms with E-state index in [0.717, 1.165) is 11.1 Å². The Bertz CT molecular complexity index is 1310. The molecule has 164 valence electrons. The summed E-state index contributed by atoms with van der Waals surface area (Å²) in [7, 11) is 0. The van der Waals surface area contributed by atoms with Crippen LogP contribution in [-0.2, 0) is 13.0 Å². The number of aliphatic hydroxyl groups is 1. The van der Waals surface area contributed by atoms with Crippen molar-refractivity contribution < 1.29 is 13.9 Å². The molecule has 0 bridgehead atoms. The molecule has 0 aliphatic carbocycles. The van der Waals surface area contributed by atoms with Gasteiger partial charge >= 0.3 is 0 Å². The molecule has 0 atom stereocenters. The highest BCUT2D eigenvalue weighted by Crippen LogP contribution is 2.24. The molecule has 2 aromatic heterocycles. The lowest BCUT2D eigenvalue weighted by atomic mass is 10.1. The minimum absolute atomic E-state index is 0.137. The zero-order valence-electron chi connectivity index (χ0n) is 18.2. The van der Waals surface area contributed by atoms with Crippen molar-refractivity contribution in [1.82, 2.24) is 14.5 Å². The van der Waals surface area contributed by atoms with Crippen LogP contribution in [0.4, 0.5) is 4.39 Å². The van der Waals surface area contributed by atoms with E-state index in [0.29, 0.717) is 40.0 Å². The van der Waals surface area contributed by atoms with Gasteiger partial charge in [0.05, 0.1) is 6.54 Å². The Morgan fingerprint density at radius 3 is 2.28 bits per heavy atom. The van der Waals surface area contributed by atoms with Gasteiger partial charge < -0.3 is 9.52 Å². The van der Waals surface area contributed by atoms with Gasteiger partial charge in [0.15, 0.2) is 0 Å².